The molecule has 0 radical (unpaired) electrons. The standard InChI is InChI=1S/C17H21NO4/c1-12(2)18(10-13-5-4-6-14(9-13)21-3)11-15-7-8-16(22-15)17(19)20/h4-9,12H,10-11H2,1-3H3,(H,19,20). The van der Waals surface area contributed by atoms with Gasteiger partial charge in [0.1, 0.15) is 11.5 Å². The first-order valence-electron chi connectivity index (χ1n) is 7.18. The molecule has 1 N–H and O–H groups in total. The van der Waals surface area contributed by atoms with Gasteiger partial charge in [0.15, 0.2) is 0 Å². The molecule has 118 valence electrons. The largest absolute Gasteiger partial charge is 0.497 e. The summed E-state index contributed by atoms with van der Waals surface area (Å²) in [4.78, 5) is 13.1. The van der Waals surface area contributed by atoms with Crippen LogP contribution in [0.5, 0.6) is 5.75 Å². The number of nitrogens with zero attached hydrogens (tertiary/aromatic N) is 1. The Bertz CT molecular complexity index is 633. The van der Waals surface area contributed by atoms with Gasteiger partial charge >= 0.3 is 5.97 Å². The fourth-order valence-electron chi connectivity index (χ4n) is 2.20. The van der Waals surface area contributed by atoms with Crippen molar-refractivity contribution in [3.05, 3.63) is 53.5 Å². The highest BCUT2D eigenvalue weighted by Gasteiger charge is 2.15. The van der Waals surface area contributed by atoms with E-state index in [0.29, 0.717) is 18.3 Å². The highest BCUT2D eigenvalue weighted by atomic mass is 16.5. The zero-order valence-electron chi connectivity index (χ0n) is 13.1. The molecule has 1 aromatic heterocycles. The van der Waals surface area contributed by atoms with Crippen LogP contribution in [-0.4, -0.2) is 29.1 Å². The Labute approximate surface area is 130 Å². The SMILES string of the molecule is COc1cccc(CN(Cc2ccc(C(=O)O)o2)C(C)C)c1. The minimum Gasteiger partial charge on any atom is -0.497 e. The molecule has 1 aromatic carbocycles. The lowest BCUT2D eigenvalue weighted by molar-refractivity contribution is 0.0657. The summed E-state index contributed by atoms with van der Waals surface area (Å²) >= 11 is 0. The lowest BCUT2D eigenvalue weighted by Gasteiger charge is -2.25. The maximum Gasteiger partial charge on any atom is 0.371 e. The van der Waals surface area contributed by atoms with Crippen LogP contribution in [0.4, 0.5) is 0 Å². The second-order valence-corrected chi connectivity index (χ2v) is 5.42. The van der Waals surface area contributed by atoms with E-state index in [1.165, 1.54) is 6.07 Å². The van der Waals surface area contributed by atoms with E-state index in [-0.39, 0.29) is 5.76 Å². The number of benzene rings is 1. The van der Waals surface area contributed by atoms with Gasteiger partial charge in [0, 0.05) is 12.6 Å². The number of hydrogen-bond acceptors (Lipinski definition) is 4. The second-order valence-electron chi connectivity index (χ2n) is 5.42. The van der Waals surface area contributed by atoms with E-state index in [1.54, 1.807) is 13.2 Å². The summed E-state index contributed by atoms with van der Waals surface area (Å²) in [6.07, 6.45) is 0. The molecule has 22 heavy (non-hydrogen) atoms. The van der Waals surface area contributed by atoms with Crippen molar-refractivity contribution in [2.75, 3.05) is 7.11 Å². The maximum atomic E-state index is 10.9. The molecule has 5 nitrogen and oxygen atoms in total. The van der Waals surface area contributed by atoms with Crippen LogP contribution < -0.4 is 4.74 Å². The smallest absolute Gasteiger partial charge is 0.371 e. The van der Waals surface area contributed by atoms with Crippen LogP contribution in [-0.2, 0) is 13.1 Å². The Morgan fingerprint density at radius 2 is 2.05 bits per heavy atom. The van der Waals surface area contributed by atoms with Crippen molar-refractivity contribution in [2.45, 2.75) is 33.0 Å². The molecule has 1 heterocycles. The monoisotopic (exact) mass is 303 g/mol. The minimum absolute atomic E-state index is 0.0277. The first-order chi connectivity index (χ1) is 10.5. The van der Waals surface area contributed by atoms with Crippen molar-refractivity contribution < 1.29 is 19.1 Å². The summed E-state index contributed by atoms with van der Waals surface area (Å²) in [7, 11) is 1.65. The van der Waals surface area contributed by atoms with Gasteiger partial charge in [0.05, 0.1) is 13.7 Å². The molecule has 0 aliphatic rings. The van der Waals surface area contributed by atoms with Crippen molar-refractivity contribution in [3.8, 4) is 5.75 Å². The van der Waals surface area contributed by atoms with Gasteiger partial charge in [-0.3, -0.25) is 4.90 Å². The quantitative estimate of drug-likeness (QED) is 0.849. The van der Waals surface area contributed by atoms with E-state index in [4.69, 9.17) is 14.3 Å². The van der Waals surface area contributed by atoms with E-state index >= 15 is 0 Å². The summed E-state index contributed by atoms with van der Waals surface area (Å²) in [6.45, 7) is 5.49. The predicted molar refractivity (Wildman–Crippen MR) is 83.0 cm³/mol. The first-order valence-corrected chi connectivity index (χ1v) is 7.18. The van der Waals surface area contributed by atoms with Gasteiger partial charge in [-0.05, 0) is 43.7 Å². The van der Waals surface area contributed by atoms with Gasteiger partial charge in [-0.25, -0.2) is 4.79 Å². The average molecular weight is 303 g/mol. The van der Waals surface area contributed by atoms with Crippen LogP contribution in [0.3, 0.4) is 0 Å². The highest BCUT2D eigenvalue weighted by molar-refractivity contribution is 5.84. The third-order valence-electron chi connectivity index (χ3n) is 3.48. The Hall–Kier alpha value is -2.27. The number of ether oxygens (including phenoxy) is 1. The maximum absolute atomic E-state index is 10.9. The van der Waals surface area contributed by atoms with Crippen molar-refractivity contribution in [2.24, 2.45) is 0 Å². The number of methoxy groups -OCH3 is 1. The molecule has 0 saturated heterocycles. The van der Waals surface area contributed by atoms with Crippen LogP contribution >= 0.6 is 0 Å². The predicted octanol–water partition coefficient (Wildman–Crippen LogP) is 3.40. The Balaban J connectivity index is 2.10. The van der Waals surface area contributed by atoms with E-state index < -0.39 is 5.97 Å². The van der Waals surface area contributed by atoms with Crippen LogP contribution in [0, 0.1) is 0 Å². The van der Waals surface area contributed by atoms with Crippen LogP contribution in [0.25, 0.3) is 0 Å². The third-order valence-corrected chi connectivity index (χ3v) is 3.48. The van der Waals surface area contributed by atoms with E-state index in [9.17, 15) is 4.79 Å². The lowest BCUT2D eigenvalue weighted by Crippen LogP contribution is -2.29. The molecular formula is C17H21NO4. The molecule has 0 aliphatic heterocycles. The number of rotatable bonds is 7. The first kappa shape index (κ1) is 16.1. The fraction of sp³-hybridized carbons (Fsp3) is 0.353. The number of carboxylic acids is 1. The lowest BCUT2D eigenvalue weighted by atomic mass is 10.1. The zero-order valence-corrected chi connectivity index (χ0v) is 13.1. The average Bonchev–Trinajstić information content (AvgIpc) is 2.95. The molecule has 0 saturated carbocycles. The summed E-state index contributed by atoms with van der Waals surface area (Å²) in [5.74, 6) is 0.400. The molecule has 5 heteroatoms. The van der Waals surface area contributed by atoms with E-state index in [0.717, 1.165) is 17.9 Å². The fourth-order valence-corrected chi connectivity index (χ4v) is 2.20. The van der Waals surface area contributed by atoms with Crippen LogP contribution in [0.1, 0.15) is 35.7 Å². The number of carboxylic acid groups (broad SMARTS) is 1. The van der Waals surface area contributed by atoms with E-state index in [2.05, 4.69) is 18.7 Å². The van der Waals surface area contributed by atoms with Crippen LogP contribution in [0.15, 0.2) is 40.8 Å². The minimum atomic E-state index is -1.05. The third kappa shape index (κ3) is 4.11. The van der Waals surface area contributed by atoms with Gasteiger partial charge in [-0.1, -0.05) is 12.1 Å². The topological polar surface area (TPSA) is 62.9 Å². The van der Waals surface area contributed by atoms with E-state index in [1.807, 2.05) is 24.3 Å². The molecule has 0 unspecified atom stereocenters. The van der Waals surface area contributed by atoms with Crippen LogP contribution in [0.2, 0.25) is 0 Å². The Morgan fingerprint density at radius 1 is 1.27 bits per heavy atom. The molecule has 0 spiro atoms. The van der Waals surface area contributed by atoms with Gasteiger partial charge in [0.2, 0.25) is 5.76 Å². The van der Waals surface area contributed by atoms with Crippen molar-refractivity contribution in [1.82, 2.24) is 4.90 Å². The van der Waals surface area contributed by atoms with Gasteiger partial charge in [-0.2, -0.15) is 0 Å². The molecule has 2 aromatic rings. The number of furan rings is 1. The Kier molecular flexibility index (Phi) is 5.22. The van der Waals surface area contributed by atoms with Crippen molar-refractivity contribution >= 4 is 5.97 Å². The number of aromatic carboxylic acids is 1. The van der Waals surface area contributed by atoms with Gasteiger partial charge in [0.25, 0.3) is 0 Å². The second kappa shape index (κ2) is 7.13. The van der Waals surface area contributed by atoms with Gasteiger partial charge in [-0.15, -0.1) is 0 Å². The van der Waals surface area contributed by atoms with Crippen molar-refractivity contribution in [3.63, 3.8) is 0 Å². The summed E-state index contributed by atoms with van der Waals surface area (Å²) < 4.78 is 10.6. The molecule has 0 fully saturated rings. The molecule has 0 atom stereocenters. The zero-order chi connectivity index (χ0) is 16.1. The highest BCUT2D eigenvalue weighted by Crippen LogP contribution is 2.18. The molecule has 0 amide bonds. The van der Waals surface area contributed by atoms with Crippen molar-refractivity contribution in [1.29, 1.82) is 0 Å². The molecule has 0 aliphatic carbocycles. The Morgan fingerprint density at radius 3 is 2.64 bits per heavy atom. The molecule has 2 rings (SSSR count). The number of hydrogen-bond donors (Lipinski definition) is 1. The molecule has 0 bridgehead atoms. The summed E-state index contributed by atoms with van der Waals surface area (Å²) in [5, 5.41) is 8.91. The van der Waals surface area contributed by atoms with Gasteiger partial charge < -0.3 is 14.3 Å². The number of carbonyl (C=O) groups is 1. The summed E-state index contributed by atoms with van der Waals surface area (Å²) in [5.41, 5.74) is 1.14. The molecular weight excluding hydrogens is 282 g/mol. The normalized spacial score (nSPS) is 11.1. The summed E-state index contributed by atoms with van der Waals surface area (Å²) in [6, 6.07) is 11.4.